The van der Waals surface area contributed by atoms with Crippen molar-refractivity contribution in [2.75, 3.05) is 5.84 Å². The Kier molecular flexibility index (Phi) is 4.83. The molecule has 0 aliphatic rings. The Labute approximate surface area is 164 Å². The summed E-state index contributed by atoms with van der Waals surface area (Å²) in [5.74, 6) is 7.63. The largest absolute Gasteiger partial charge is 0.419 e. The van der Waals surface area contributed by atoms with Crippen LogP contribution in [0.1, 0.15) is 18.1 Å². The van der Waals surface area contributed by atoms with Crippen molar-refractivity contribution in [1.82, 2.24) is 25.1 Å². The summed E-state index contributed by atoms with van der Waals surface area (Å²) in [5.41, 5.74) is 1.59. The van der Waals surface area contributed by atoms with E-state index in [9.17, 15) is 0 Å². The van der Waals surface area contributed by atoms with E-state index in [0.717, 1.165) is 11.1 Å². The summed E-state index contributed by atoms with van der Waals surface area (Å²) in [4.78, 5) is 0. The molecule has 0 radical (unpaired) electrons. The van der Waals surface area contributed by atoms with Gasteiger partial charge in [-0.3, -0.25) is 0 Å². The molecule has 9 heteroatoms. The molecule has 0 spiro atoms. The smallest absolute Gasteiger partial charge is 0.247 e. The lowest BCUT2D eigenvalue weighted by atomic mass is 10.2. The van der Waals surface area contributed by atoms with Crippen LogP contribution in [-0.2, 0) is 0 Å². The second-order valence-corrected chi connectivity index (χ2v) is 7.44. The normalized spacial score (nSPS) is 12.2. The third kappa shape index (κ3) is 3.54. The number of halogens is 1. The van der Waals surface area contributed by atoms with Crippen molar-refractivity contribution in [1.29, 1.82) is 0 Å². The fourth-order valence-electron chi connectivity index (χ4n) is 2.49. The fraction of sp³-hybridized carbons (Fsp3) is 0.111. The highest BCUT2D eigenvalue weighted by atomic mass is 35.5. The van der Waals surface area contributed by atoms with Gasteiger partial charge in [0.2, 0.25) is 16.9 Å². The first-order valence-electron chi connectivity index (χ1n) is 8.14. The van der Waals surface area contributed by atoms with Gasteiger partial charge in [-0.05, 0) is 31.2 Å². The van der Waals surface area contributed by atoms with Crippen LogP contribution in [0.2, 0.25) is 5.02 Å². The molecule has 4 aromatic rings. The first-order chi connectivity index (χ1) is 13.1. The molecule has 4 rings (SSSR count). The van der Waals surface area contributed by atoms with Crippen LogP contribution in [0.5, 0.6) is 0 Å². The Morgan fingerprint density at radius 3 is 2.52 bits per heavy atom. The zero-order chi connectivity index (χ0) is 18.8. The molecular weight excluding hydrogens is 384 g/mol. The second-order valence-electron chi connectivity index (χ2n) is 5.73. The minimum atomic E-state index is -0.152. The second kappa shape index (κ2) is 7.42. The summed E-state index contributed by atoms with van der Waals surface area (Å²) < 4.78 is 7.21. The Bertz CT molecular complexity index is 1060. The van der Waals surface area contributed by atoms with Gasteiger partial charge in [-0.1, -0.05) is 53.7 Å². The van der Waals surface area contributed by atoms with Crippen molar-refractivity contribution in [3.05, 3.63) is 65.5 Å². The molecule has 1 atom stereocenters. The minimum Gasteiger partial charge on any atom is -0.419 e. The number of nitrogens with two attached hydrogens (primary N) is 1. The summed E-state index contributed by atoms with van der Waals surface area (Å²) in [6, 6.07) is 17.0. The van der Waals surface area contributed by atoms with Crippen LogP contribution >= 0.6 is 23.4 Å². The van der Waals surface area contributed by atoms with Crippen LogP contribution in [0.3, 0.4) is 0 Å². The number of hydrogen-bond acceptors (Lipinski definition) is 7. The van der Waals surface area contributed by atoms with E-state index in [-0.39, 0.29) is 5.25 Å². The van der Waals surface area contributed by atoms with E-state index in [4.69, 9.17) is 21.9 Å². The SMILES string of the molecule is C[C@H](Sc1nnc(-c2ccccc2Cl)n1N)c1nnc(-c2ccccc2)o1. The zero-order valence-electron chi connectivity index (χ0n) is 14.3. The third-order valence-corrected chi connectivity index (χ3v) is 5.24. The van der Waals surface area contributed by atoms with Crippen molar-refractivity contribution in [2.45, 2.75) is 17.3 Å². The summed E-state index contributed by atoms with van der Waals surface area (Å²) in [6.45, 7) is 1.94. The first-order valence-corrected chi connectivity index (χ1v) is 9.40. The Morgan fingerprint density at radius 2 is 1.74 bits per heavy atom. The first kappa shape index (κ1) is 17.6. The summed E-state index contributed by atoms with van der Waals surface area (Å²) in [7, 11) is 0. The molecule has 0 fully saturated rings. The van der Waals surface area contributed by atoms with Gasteiger partial charge in [0.15, 0.2) is 5.82 Å². The maximum atomic E-state index is 6.23. The highest BCUT2D eigenvalue weighted by molar-refractivity contribution is 7.99. The molecule has 0 saturated carbocycles. The summed E-state index contributed by atoms with van der Waals surface area (Å²) in [6.07, 6.45) is 0. The van der Waals surface area contributed by atoms with E-state index in [1.165, 1.54) is 16.4 Å². The monoisotopic (exact) mass is 398 g/mol. The Hall–Kier alpha value is -2.84. The van der Waals surface area contributed by atoms with Gasteiger partial charge in [0.05, 0.1) is 10.3 Å². The Balaban J connectivity index is 1.55. The van der Waals surface area contributed by atoms with Gasteiger partial charge in [-0.15, -0.1) is 20.4 Å². The van der Waals surface area contributed by atoms with Gasteiger partial charge in [-0.25, -0.2) is 4.68 Å². The van der Waals surface area contributed by atoms with Gasteiger partial charge < -0.3 is 10.3 Å². The molecule has 0 unspecified atom stereocenters. The molecule has 0 amide bonds. The maximum absolute atomic E-state index is 6.23. The number of benzene rings is 2. The van der Waals surface area contributed by atoms with Crippen molar-refractivity contribution in [3.63, 3.8) is 0 Å². The number of aromatic nitrogens is 5. The molecule has 0 bridgehead atoms. The number of nitrogens with zero attached hydrogens (tertiary/aromatic N) is 5. The highest BCUT2D eigenvalue weighted by Gasteiger charge is 2.21. The van der Waals surface area contributed by atoms with Crippen LogP contribution < -0.4 is 5.84 Å². The van der Waals surface area contributed by atoms with Crippen LogP contribution in [0.4, 0.5) is 0 Å². The van der Waals surface area contributed by atoms with Crippen molar-refractivity contribution in [2.24, 2.45) is 0 Å². The molecule has 0 aliphatic carbocycles. The molecule has 2 aromatic carbocycles. The lowest BCUT2D eigenvalue weighted by molar-refractivity contribution is 0.509. The Morgan fingerprint density at radius 1 is 1.00 bits per heavy atom. The average molecular weight is 399 g/mol. The van der Waals surface area contributed by atoms with Gasteiger partial charge in [0.1, 0.15) is 0 Å². The van der Waals surface area contributed by atoms with Gasteiger partial charge >= 0.3 is 0 Å². The van der Waals surface area contributed by atoms with Gasteiger partial charge in [-0.2, -0.15) is 0 Å². The van der Waals surface area contributed by atoms with Crippen LogP contribution in [0.15, 0.2) is 64.2 Å². The number of rotatable bonds is 5. The molecule has 136 valence electrons. The fourth-order valence-corrected chi connectivity index (χ4v) is 3.51. The van der Waals surface area contributed by atoms with Gasteiger partial charge in [0, 0.05) is 11.1 Å². The van der Waals surface area contributed by atoms with E-state index in [1.807, 2.05) is 55.5 Å². The van der Waals surface area contributed by atoms with E-state index >= 15 is 0 Å². The van der Waals surface area contributed by atoms with Crippen LogP contribution in [-0.4, -0.2) is 25.1 Å². The predicted octanol–water partition coefficient (Wildman–Crippen LogP) is 4.22. The number of thioether (sulfide) groups is 1. The van der Waals surface area contributed by atoms with Gasteiger partial charge in [0.25, 0.3) is 0 Å². The molecule has 2 aromatic heterocycles. The average Bonchev–Trinajstić information content (AvgIpc) is 3.31. The molecule has 2 N–H and O–H groups in total. The standard InChI is InChI=1S/C18H15ClN6OS/c1-11(16-22-23-17(26-16)12-7-3-2-4-8-12)27-18-24-21-15(25(18)20)13-9-5-6-10-14(13)19/h2-11H,20H2,1H3/t11-/m0/s1. The third-order valence-electron chi connectivity index (χ3n) is 3.87. The van der Waals surface area contributed by atoms with Crippen molar-refractivity contribution >= 4 is 23.4 Å². The highest BCUT2D eigenvalue weighted by Crippen LogP contribution is 2.35. The van der Waals surface area contributed by atoms with Crippen molar-refractivity contribution in [3.8, 4) is 22.8 Å². The predicted molar refractivity (Wildman–Crippen MR) is 105 cm³/mol. The molecule has 2 heterocycles. The van der Waals surface area contributed by atoms with E-state index < -0.39 is 0 Å². The summed E-state index contributed by atoms with van der Waals surface area (Å²) in [5, 5.41) is 17.5. The number of hydrogen-bond donors (Lipinski definition) is 1. The molecule has 0 aliphatic heterocycles. The lowest BCUT2D eigenvalue weighted by Gasteiger charge is -2.07. The van der Waals surface area contributed by atoms with E-state index in [0.29, 0.717) is 27.8 Å². The van der Waals surface area contributed by atoms with E-state index in [2.05, 4.69) is 20.4 Å². The molecular formula is C18H15ClN6OS. The molecule has 27 heavy (non-hydrogen) atoms. The zero-order valence-corrected chi connectivity index (χ0v) is 15.9. The lowest BCUT2D eigenvalue weighted by Crippen LogP contribution is -2.12. The quantitative estimate of drug-likeness (QED) is 0.397. The topological polar surface area (TPSA) is 95.7 Å². The van der Waals surface area contributed by atoms with E-state index in [1.54, 1.807) is 6.07 Å². The minimum absolute atomic E-state index is 0.152. The maximum Gasteiger partial charge on any atom is 0.247 e. The molecule has 0 saturated heterocycles. The van der Waals surface area contributed by atoms with Crippen LogP contribution in [0, 0.1) is 0 Å². The molecule has 7 nitrogen and oxygen atoms in total. The summed E-state index contributed by atoms with van der Waals surface area (Å²) >= 11 is 7.60. The van der Waals surface area contributed by atoms with Crippen molar-refractivity contribution < 1.29 is 4.42 Å². The number of nitrogen functional groups attached to an aromatic ring is 1. The van der Waals surface area contributed by atoms with Crippen LogP contribution in [0.25, 0.3) is 22.8 Å².